The lowest BCUT2D eigenvalue weighted by Crippen LogP contribution is -2.44. The molecule has 296 valence electrons. The van der Waals surface area contributed by atoms with Gasteiger partial charge in [0.25, 0.3) is 11.8 Å². The van der Waals surface area contributed by atoms with Gasteiger partial charge in [-0.05, 0) is 90.8 Å². The Balaban J connectivity index is 1.16. The molecular formula is C38H38ClF4N7O6. The second-order valence-corrected chi connectivity index (χ2v) is 14.5. The molecule has 0 radical (unpaired) electrons. The lowest BCUT2D eigenvalue weighted by atomic mass is 9.81. The molecule has 56 heavy (non-hydrogen) atoms. The Morgan fingerprint density at radius 1 is 0.911 bits per heavy atom. The summed E-state index contributed by atoms with van der Waals surface area (Å²) < 4.78 is 56.9. The molecule has 1 saturated carbocycles. The topological polar surface area (TPSA) is 185 Å². The minimum Gasteiger partial charge on any atom is -0.480 e. The van der Waals surface area contributed by atoms with Gasteiger partial charge in [0.1, 0.15) is 11.9 Å². The lowest BCUT2D eigenvalue weighted by molar-refractivity contribution is -0.154. The maximum Gasteiger partial charge on any atom is 0.422 e. The highest BCUT2D eigenvalue weighted by Crippen LogP contribution is 2.48. The molecule has 1 aliphatic rings. The summed E-state index contributed by atoms with van der Waals surface area (Å²) >= 11 is 6.02. The molecule has 4 aromatic rings. The van der Waals surface area contributed by atoms with Gasteiger partial charge < -0.3 is 31.1 Å². The second kappa shape index (κ2) is 17.3. The number of halogens is 5. The molecule has 1 fully saturated rings. The van der Waals surface area contributed by atoms with Crippen LogP contribution in [-0.2, 0) is 26.3 Å². The number of aliphatic carboxylic acids is 1. The first-order valence-electron chi connectivity index (χ1n) is 17.3. The molecule has 0 bridgehead atoms. The molecular weight excluding hydrogens is 762 g/mol. The number of nitrogens with one attached hydrogen (secondary N) is 4. The second-order valence-electron chi connectivity index (χ2n) is 14.1. The number of aromatic nitrogens is 3. The number of Topliss-reactive ketones (excluding diaryl/α,β-unsaturated/α-hetero) is 1. The van der Waals surface area contributed by atoms with Gasteiger partial charge in [0.05, 0.1) is 5.54 Å². The number of benzene rings is 3. The van der Waals surface area contributed by atoms with Crippen LogP contribution in [-0.4, -0.2) is 69.0 Å². The van der Waals surface area contributed by atoms with E-state index < -0.39 is 59.4 Å². The zero-order valence-electron chi connectivity index (χ0n) is 30.2. The molecule has 5 N–H and O–H groups in total. The first-order valence-corrected chi connectivity index (χ1v) is 17.7. The minimum atomic E-state index is -4.65. The van der Waals surface area contributed by atoms with E-state index in [1.54, 1.807) is 38.1 Å². The summed E-state index contributed by atoms with van der Waals surface area (Å²) in [5.74, 6) is -4.32. The number of carbonyl (C=O) groups excluding carboxylic acids is 3. The summed E-state index contributed by atoms with van der Waals surface area (Å²) in [7, 11) is 0. The number of ether oxygens (including phenoxy) is 1. The van der Waals surface area contributed by atoms with Crippen LogP contribution in [0.1, 0.15) is 61.0 Å². The van der Waals surface area contributed by atoms with Gasteiger partial charge in [-0.1, -0.05) is 49.7 Å². The standard InChI is InChI=1S/C38H38ClF4N7O6/c1-36(2,19-22-3-11-26(40)12-4-22)20-29(51)31(53)44-18-15-28(32(54)55)46-30(52)23-5-13-27(14-6-23)45-33-47-34(49-35(48-33)56-21-38(41,42)43)50-37(16-17-37)24-7-9-25(39)10-8-24/h3-14,28H,15-21H2,1-2H3,(H,44,53)(H,46,52)(H,54,55)(H2,45,47,48,49,50)/t28-/m0/s1. The Hall–Kier alpha value is -5.84. The first-order chi connectivity index (χ1) is 26.4. The van der Waals surface area contributed by atoms with Crippen molar-refractivity contribution in [2.45, 2.75) is 63.7 Å². The molecule has 1 heterocycles. The van der Waals surface area contributed by atoms with Crippen molar-refractivity contribution in [3.63, 3.8) is 0 Å². The Morgan fingerprint density at radius 2 is 1.55 bits per heavy atom. The Bertz CT molecular complexity index is 2050. The largest absolute Gasteiger partial charge is 0.480 e. The van der Waals surface area contributed by atoms with E-state index in [4.69, 9.17) is 16.3 Å². The van der Waals surface area contributed by atoms with Gasteiger partial charge in [0, 0.05) is 29.2 Å². The first kappa shape index (κ1) is 41.3. The number of alkyl halides is 3. The third-order valence-electron chi connectivity index (χ3n) is 8.69. The number of nitrogens with zero attached hydrogens (tertiary/aromatic N) is 3. The predicted molar refractivity (Wildman–Crippen MR) is 197 cm³/mol. The van der Waals surface area contributed by atoms with Crippen molar-refractivity contribution in [3.05, 3.63) is 100 Å². The highest BCUT2D eigenvalue weighted by atomic mass is 35.5. The number of rotatable bonds is 18. The van der Waals surface area contributed by atoms with Crippen LogP contribution in [0.3, 0.4) is 0 Å². The van der Waals surface area contributed by atoms with E-state index in [0.29, 0.717) is 30.0 Å². The van der Waals surface area contributed by atoms with Gasteiger partial charge >= 0.3 is 18.2 Å². The van der Waals surface area contributed by atoms with Crippen LogP contribution in [0.5, 0.6) is 6.01 Å². The number of carboxylic acids is 1. The predicted octanol–water partition coefficient (Wildman–Crippen LogP) is 6.37. The zero-order valence-corrected chi connectivity index (χ0v) is 30.9. The highest BCUT2D eigenvalue weighted by molar-refractivity contribution is 6.36. The molecule has 1 atom stereocenters. The van der Waals surface area contributed by atoms with Crippen LogP contribution in [0.25, 0.3) is 0 Å². The molecule has 0 saturated heterocycles. The van der Waals surface area contributed by atoms with Crippen LogP contribution >= 0.6 is 11.6 Å². The molecule has 2 amide bonds. The molecule has 1 aromatic heterocycles. The van der Waals surface area contributed by atoms with Gasteiger partial charge in [-0.3, -0.25) is 14.4 Å². The monoisotopic (exact) mass is 799 g/mol. The normalized spacial score (nSPS) is 13.9. The number of hydrogen-bond acceptors (Lipinski definition) is 10. The van der Waals surface area contributed by atoms with Crippen LogP contribution < -0.4 is 26.0 Å². The van der Waals surface area contributed by atoms with Gasteiger partial charge in [-0.25, -0.2) is 9.18 Å². The number of carboxylic acid groups (broad SMARTS) is 1. The summed E-state index contributed by atoms with van der Waals surface area (Å²) in [6.07, 6.45) is -3.18. The number of hydrogen-bond donors (Lipinski definition) is 5. The number of amides is 2. The molecule has 0 unspecified atom stereocenters. The van der Waals surface area contributed by atoms with Crippen LogP contribution in [0.15, 0.2) is 72.8 Å². The van der Waals surface area contributed by atoms with E-state index in [2.05, 4.69) is 36.2 Å². The Kier molecular flexibility index (Phi) is 12.8. The SMILES string of the molecule is CC(C)(CC(=O)C(=O)NCC[C@H](NC(=O)c1ccc(Nc2nc(NC3(c4ccc(Cl)cc4)CC3)nc(OCC(F)(F)F)n2)cc1)C(=O)O)Cc1ccc(F)cc1. The summed E-state index contributed by atoms with van der Waals surface area (Å²) in [4.78, 5) is 62.3. The van der Waals surface area contributed by atoms with E-state index >= 15 is 0 Å². The van der Waals surface area contributed by atoms with Gasteiger partial charge in [-0.2, -0.15) is 28.1 Å². The van der Waals surface area contributed by atoms with Gasteiger partial charge in [-0.15, -0.1) is 0 Å². The third-order valence-corrected chi connectivity index (χ3v) is 8.94. The molecule has 13 nitrogen and oxygen atoms in total. The molecule has 0 spiro atoms. The van der Waals surface area contributed by atoms with Crippen LogP contribution in [0, 0.1) is 11.2 Å². The van der Waals surface area contributed by atoms with E-state index in [9.17, 15) is 41.8 Å². The highest BCUT2D eigenvalue weighted by Gasteiger charge is 2.45. The van der Waals surface area contributed by atoms with Gasteiger partial charge in [0.2, 0.25) is 17.7 Å². The number of anilines is 3. The maximum atomic E-state index is 13.2. The smallest absolute Gasteiger partial charge is 0.422 e. The summed E-state index contributed by atoms with van der Waals surface area (Å²) in [5.41, 5.74) is 0.874. The molecule has 18 heteroatoms. The van der Waals surface area contributed by atoms with Crippen LogP contribution in [0.4, 0.5) is 35.1 Å². The minimum absolute atomic E-state index is 0.0471. The zero-order chi connectivity index (χ0) is 40.7. The quantitative estimate of drug-likeness (QED) is 0.0557. The molecule has 5 rings (SSSR count). The number of ketones is 1. The van der Waals surface area contributed by atoms with Gasteiger partial charge in [0.15, 0.2) is 6.61 Å². The number of carbonyl (C=O) groups is 4. The van der Waals surface area contributed by atoms with Crippen molar-refractivity contribution in [1.82, 2.24) is 25.6 Å². The fraction of sp³-hybridized carbons (Fsp3) is 0.342. The maximum absolute atomic E-state index is 13.2. The Morgan fingerprint density at radius 3 is 2.16 bits per heavy atom. The fourth-order valence-corrected chi connectivity index (χ4v) is 5.89. The van der Waals surface area contributed by atoms with Crippen molar-refractivity contribution in [3.8, 4) is 6.01 Å². The van der Waals surface area contributed by atoms with E-state index in [1.807, 2.05) is 12.1 Å². The Labute approximate surface area is 323 Å². The summed E-state index contributed by atoms with van der Waals surface area (Å²) in [5, 5.41) is 21.0. The summed E-state index contributed by atoms with van der Waals surface area (Å²) in [6, 6.07) is 16.5. The van der Waals surface area contributed by atoms with Crippen molar-refractivity contribution in [2.24, 2.45) is 5.41 Å². The molecule has 3 aromatic carbocycles. The summed E-state index contributed by atoms with van der Waals surface area (Å²) in [6.45, 7) is 1.73. The molecule has 1 aliphatic carbocycles. The van der Waals surface area contributed by atoms with Crippen molar-refractivity contribution in [2.75, 3.05) is 23.8 Å². The van der Waals surface area contributed by atoms with E-state index in [0.717, 1.165) is 11.1 Å². The van der Waals surface area contributed by atoms with Crippen LogP contribution in [0.2, 0.25) is 5.02 Å². The molecule has 0 aliphatic heterocycles. The van der Waals surface area contributed by atoms with Crippen molar-refractivity contribution in [1.29, 1.82) is 0 Å². The fourth-order valence-electron chi connectivity index (χ4n) is 5.77. The average Bonchev–Trinajstić information content (AvgIpc) is 3.91. The third kappa shape index (κ3) is 12.1. The van der Waals surface area contributed by atoms with Crippen molar-refractivity contribution < 1.29 is 46.6 Å². The van der Waals surface area contributed by atoms with Crippen molar-refractivity contribution >= 4 is 52.8 Å². The van der Waals surface area contributed by atoms with E-state index in [1.165, 1.54) is 36.4 Å². The van der Waals surface area contributed by atoms with E-state index in [-0.39, 0.29) is 42.7 Å². The average molecular weight is 800 g/mol. The lowest BCUT2D eigenvalue weighted by Gasteiger charge is -2.23.